The predicted molar refractivity (Wildman–Crippen MR) is 89.8 cm³/mol. The van der Waals surface area contributed by atoms with Crippen molar-refractivity contribution in [2.75, 3.05) is 13.1 Å². The number of carbonyl (C=O) groups excluding carboxylic acids is 4. The van der Waals surface area contributed by atoms with Gasteiger partial charge in [-0.05, 0) is 18.9 Å². The molecule has 8 heteroatoms. The largest absolute Gasteiger partial charge is 0.388 e. The molecule has 0 saturated heterocycles. The van der Waals surface area contributed by atoms with Crippen LogP contribution in [0.3, 0.4) is 0 Å². The maximum absolute atomic E-state index is 12.4. The van der Waals surface area contributed by atoms with Gasteiger partial charge in [0.05, 0.1) is 12.6 Å². The van der Waals surface area contributed by atoms with Gasteiger partial charge >= 0.3 is 11.9 Å². The van der Waals surface area contributed by atoms with Gasteiger partial charge in [-0.3, -0.25) is 14.5 Å². The van der Waals surface area contributed by atoms with Gasteiger partial charge in [0.2, 0.25) is 11.8 Å². The highest BCUT2D eigenvalue weighted by Gasteiger charge is 2.29. The normalized spacial score (nSPS) is 11.3. The first-order valence-electron chi connectivity index (χ1n) is 7.50. The summed E-state index contributed by atoms with van der Waals surface area (Å²) in [5.41, 5.74) is 11.9. The van der Waals surface area contributed by atoms with E-state index in [1.807, 2.05) is 6.07 Å². The SMILES string of the molecule is C=C(C)C(=O)OC(=O)CN(C(=O)CN)C(=O)[C@@H](N)Cc1ccccc1. The molecule has 4 N–H and O–H groups in total. The predicted octanol–water partition coefficient (Wildman–Crippen LogP) is -0.484. The Bertz CT molecular complexity index is 672. The number of ether oxygens (including phenoxy) is 1. The molecule has 134 valence electrons. The number of nitrogens with two attached hydrogens (primary N) is 2. The molecule has 0 aliphatic heterocycles. The van der Waals surface area contributed by atoms with Crippen molar-refractivity contribution in [1.82, 2.24) is 4.90 Å². The number of rotatable bonds is 7. The molecule has 0 radical (unpaired) electrons. The van der Waals surface area contributed by atoms with Crippen LogP contribution >= 0.6 is 0 Å². The molecule has 0 aliphatic carbocycles. The van der Waals surface area contributed by atoms with Gasteiger partial charge in [0.25, 0.3) is 0 Å². The fourth-order valence-electron chi connectivity index (χ4n) is 1.91. The Morgan fingerprint density at radius 1 is 1.20 bits per heavy atom. The molecule has 1 aromatic carbocycles. The molecule has 0 fully saturated rings. The van der Waals surface area contributed by atoms with Crippen molar-refractivity contribution >= 4 is 23.8 Å². The quantitative estimate of drug-likeness (QED) is 0.386. The summed E-state index contributed by atoms with van der Waals surface area (Å²) in [5, 5.41) is 0. The summed E-state index contributed by atoms with van der Waals surface area (Å²) in [6.07, 6.45) is 0.174. The Labute approximate surface area is 145 Å². The van der Waals surface area contributed by atoms with Crippen molar-refractivity contribution in [2.45, 2.75) is 19.4 Å². The lowest BCUT2D eigenvalue weighted by Gasteiger charge is -2.22. The average molecular weight is 347 g/mol. The number of benzene rings is 1. The summed E-state index contributed by atoms with van der Waals surface area (Å²) < 4.78 is 4.48. The van der Waals surface area contributed by atoms with Crippen molar-refractivity contribution in [3.63, 3.8) is 0 Å². The second kappa shape index (κ2) is 9.45. The van der Waals surface area contributed by atoms with E-state index in [0.717, 1.165) is 5.56 Å². The number of esters is 2. The molecule has 8 nitrogen and oxygen atoms in total. The van der Waals surface area contributed by atoms with E-state index in [-0.39, 0.29) is 12.0 Å². The van der Waals surface area contributed by atoms with Gasteiger partial charge in [0, 0.05) is 5.57 Å². The van der Waals surface area contributed by atoms with Gasteiger partial charge in [-0.15, -0.1) is 0 Å². The van der Waals surface area contributed by atoms with Gasteiger partial charge in [0.15, 0.2) is 0 Å². The summed E-state index contributed by atoms with van der Waals surface area (Å²) in [7, 11) is 0. The van der Waals surface area contributed by atoms with Crippen LogP contribution in [0.25, 0.3) is 0 Å². The first-order chi connectivity index (χ1) is 11.8. The zero-order valence-corrected chi connectivity index (χ0v) is 13.9. The standard InChI is InChI=1S/C17H21N3O5/c1-11(2)17(24)25-15(22)10-20(14(21)9-18)16(23)13(19)8-12-6-4-3-5-7-12/h3-7,13H,1,8-10,18-19H2,2H3/t13-/m0/s1. The maximum Gasteiger partial charge on any atom is 0.340 e. The number of nitrogens with zero attached hydrogens (tertiary/aromatic N) is 1. The van der Waals surface area contributed by atoms with Gasteiger partial charge in [-0.1, -0.05) is 36.9 Å². The van der Waals surface area contributed by atoms with Crippen molar-refractivity contribution in [3.05, 3.63) is 48.0 Å². The Morgan fingerprint density at radius 3 is 2.32 bits per heavy atom. The third-order valence-electron chi connectivity index (χ3n) is 3.20. The zero-order valence-electron chi connectivity index (χ0n) is 13.9. The van der Waals surface area contributed by atoms with E-state index in [1.54, 1.807) is 24.3 Å². The zero-order chi connectivity index (χ0) is 19.0. The molecule has 0 aliphatic rings. The molecular weight excluding hydrogens is 326 g/mol. The van der Waals surface area contributed by atoms with E-state index in [4.69, 9.17) is 11.5 Å². The minimum Gasteiger partial charge on any atom is -0.388 e. The van der Waals surface area contributed by atoms with Crippen LogP contribution in [0, 0.1) is 0 Å². The second-order valence-electron chi connectivity index (χ2n) is 5.36. The molecule has 1 rings (SSSR count). The van der Waals surface area contributed by atoms with Crippen molar-refractivity contribution in [2.24, 2.45) is 11.5 Å². The molecule has 0 bridgehead atoms. The van der Waals surface area contributed by atoms with Gasteiger partial charge in [0.1, 0.15) is 6.54 Å². The van der Waals surface area contributed by atoms with E-state index in [9.17, 15) is 19.2 Å². The van der Waals surface area contributed by atoms with E-state index < -0.39 is 42.9 Å². The minimum atomic E-state index is -1.07. The van der Waals surface area contributed by atoms with Gasteiger partial charge < -0.3 is 16.2 Å². The molecule has 0 spiro atoms. The lowest BCUT2D eigenvalue weighted by atomic mass is 10.1. The van der Waals surface area contributed by atoms with E-state index >= 15 is 0 Å². The van der Waals surface area contributed by atoms with E-state index in [0.29, 0.717) is 4.90 Å². The van der Waals surface area contributed by atoms with Crippen LogP contribution in [0.5, 0.6) is 0 Å². The molecule has 0 unspecified atom stereocenters. The first-order valence-corrected chi connectivity index (χ1v) is 7.50. The Balaban J connectivity index is 2.81. The molecule has 25 heavy (non-hydrogen) atoms. The molecule has 1 atom stereocenters. The lowest BCUT2D eigenvalue weighted by molar-refractivity contribution is -0.162. The summed E-state index contributed by atoms with van der Waals surface area (Å²) in [4.78, 5) is 48.0. The third-order valence-corrected chi connectivity index (χ3v) is 3.20. The van der Waals surface area contributed by atoms with Crippen LogP contribution in [0.15, 0.2) is 42.5 Å². The number of hydrogen-bond donors (Lipinski definition) is 2. The monoisotopic (exact) mass is 347 g/mol. The maximum atomic E-state index is 12.4. The van der Waals surface area contributed by atoms with Crippen LogP contribution < -0.4 is 11.5 Å². The summed E-state index contributed by atoms with van der Waals surface area (Å²) in [6.45, 7) is 3.45. The van der Waals surface area contributed by atoms with Crippen molar-refractivity contribution < 1.29 is 23.9 Å². The van der Waals surface area contributed by atoms with Crippen molar-refractivity contribution in [1.29, 1.82) is 0 Å². The van der Waals surface area contributed by atoms with Crippen molar-refractivity contribution in [3.8, 4) is 0 Å². The first kappa shape index (κ1) is 20.2. The van der Waals surface area contributed by atoms with Gasteiger partial charge in [-0.2, -0.15) is 0 Å². The molecule has 0 heterocycles. The summed E-state index contributed by atoms with van der Waals surface area (Å²) in [5.74, 6) is -3.59. The van der Waals surface area contributed by atoms with E-state index in [2.05, 4.69) is 11.3 Å². The Hall–Kier alpha value is -2.84. The Morgan fingerprint density at radius 2 is 1.80 bits per heavy atom. The highest BCUT2D eigenvalue weighted by molar-refractivity contribution is 6.03. The second-order valence-corrected chi connectivity index (χ2v) is 5.36. The van der Waals surface area contributed by atoms with Crippen LogP contribution in [0.4, 0.5) is 0 Å². The summed E-state index contributed by atoms with van der Waals surface area (Å²) in [6, 6.07) is 7.90. The number of imide groups is 1. The lowest BCUT2D eigenvalue weighted by Crippen LogP contribution is -2.51. The molecule has 0 aromatic heterocycles. The summed E-state index contributed by atoms with van der Waals surface area (Å²) >= 11 is 0. The fourth-order valence-corrected chi connectivity index (χ4v) is 1.91. The van der Waals surface area contributed by atoms with Gasteiger partial charge in [-0.25, -0.2) is 9.59 Å². The molecule has 0 saturated carbocycles. The van der Waals surface area contributed by atoms with Crippen LogP contribution in [0.1, 0.15) is 12.5 Å². The van der Waals surface area contributed by atoms with E-state index in [1.165, 1.54) is 6.92 Å². The smallest absolute Gasteiger partial charge is 0.340 e. The molecule has 1 aromatic rings. The number of carbonyl (C=O) groups is 4. The highest BCUT2D eigenvalue weighted by atomic mass is 16.6. The fraction of sp³-hybridized carbons (Fsp3) is 0.294. The number of amides is 2. The Kier molecular flexibility index (Phi) is 7.64. The average Bonchev–Trinajstić information content (AvgIpc) is 2.59. The number of hydrogen-bond acceptors (Lipinski definition) is 7. The third kappa shape index (κ3) is 6.28. The highest BCUT2D eigenvalue weighted by Crippen LogP contribution is 2.05. The molecule has 2 amide bonds. The van der Waals surface area contributed by atoms with Crippen LogP contribution in [-0.4, -0.2) is 47.8 Å². The van der Waals surface area contributed by atoms with Crippen LogP contribution in [0.2, 0.25) is 0 Å². The minimum absolute atomic E-state index is 0.0113. The van der Waals surface area contributed by atoms with Crippen LogP contribution in [-0.2, 0) is 30.3 Å². The topological polar surface area (TPSA) is 133 Å². The molecular formula is C17H21N3O5.